The number of ketones is 1. The molecular weight excluding hydrogens is 220 g/mol. The van der Waals surface area contributed by atoms with Gasteiger partial charge < -0.3 is 5.11 Å². The highest BCUT2D eigenvalue weighted by Gasteiger charge is 2.08. The van der Waals surface area contributed by atoms with Crippen LogP contribution < -0.4 is 0 Å². The molecule has 3 heteroatoms. The van der Waals surface area contributed by atoms with Crippen LogP contribution in [-0.2, 0) is 11.2 Å². The molecule has 0 amide bonds. The molecule has 0 saturated carbocycles. The van der Waals surface area contributed by atoms with E-state index in [2.05, 4.69) is 17.5 Å². The largest absolute Gasteiger partial charge is 0.396 e. The fraction of sp³-hybridized carbons (Fsp3) is 0.308. The summed E-state index contributed by atoms with van der Waals surface area (Å²) in [7, 11) is 0. The average molecular weight is 234 g/mol. The third kappa shape index (κ3) is 2.49. The second-order valence-corrected chi connectivity index (χ2v) is 4.71. The zero-order chi connectivity index (χ0) is 11.4. The Hall–Kier alpha value is -1.19. The van der Waals surface area contributed by atoms with E-state index in [4.69, 9.17) is 5.11 Å². The molecule has 0 aliphatic heterocycles. The molecule has 0 spiro atoms. The maximum atomic E-state index is 11.6. The molecular formula is C13H14O2S. The molecule has 1 aromatic carbocycles. The van der Waals surface area contributed by atoms with Crippen LogP contribution in [0.25, 0.3) is 10.1 Å². The molecule has 0 unspecified atom stereocenters. The summed E-state index contributed by atoms with van der Waals surface area (Å²) in [6.07, 6.45) is 1.53. The second-order valence-electron chi connectivity index (χ2n) is 3.80. The lowest BCUT2D eigenvalue weighted by atomic mass is 10.1. The molecule has 2 rings (SSSR count). The van der Waals surface area contributed by atoms with Gasteiger partial charge in [-0.05, 0) is 28.8 Å². The minimum atomic E-state index is 0.0934. The van der Waals surface area contributed by atoms with Crippen LogP contribution >= 0.6 is 11.3 Å². The first-order chi connectivity index (χ1) is 7.81. The molecule has 0 saturated heterocycles. The number of benzene rings is 1. The number of carbonyl (C=O) groups is 1. The van der Waals surface area contributed by atoms with Gasteiger partial charge in [0.15, 0.2) is 0 Å². The smallest absolute Gasteiger partial charge is 0.137 e. The van der Waals surface area contributed by atoms with Crippen molar-refractivity contribution in [3.8, 4) is 0 Å². The Morgan fingerprint density at radius 2 is 2.12 bits per heavy atom. The Kier molecular flexibility index (Phi) is 3.70. The average Bonchev–Trinajstić information content (AvgIpc) is 2.70. The Bertz CT molecular complexity index is 487. The number of thiophene rings is 1. The predicted molar refractivity (Wildman–Crippen MR) is 66.9 cm³/mol. The van der Waals surface area contributed by atoms with Crippen molar-refractivity contribution in [2.75, 3.05) is 6.61 Å². The van der Waals surface area contributed by atoms with Crippen LogP contribution in [0.5, 0.6) is 0 Å². The first-order valence-electron chi connectivity index (χ1n) is 5.39. The fourth-order valence-corrected chi connectivity index (χ4v) is 2.71. The number of aliphatic hydroxyl groups excluding tert-OH is 1. The molecule has 0 aliphatic rings. The topological polar surface area (TPSA) is 37.3 Å². The van der Waals surface area contributed by atoms with Crippen LogP contribution in [0.1, 0.15) is 18.4 Å². The van der Waals surface area contributed by atoms with Gasteiger partial charge >= 0.3 is 0 Å². The van der Waals surface area contributed by atoms with Crippen LogP contribution in [0.2, 0.25) is 0 Å². The lowest BCUT2D eigenvalue weighted by Crippen LogP contribution is -2.02. The summed E-state index contributed by atoms with van der Waals surface area (Å²) in [5.74, 6) is 0.206. The van der Waals surface area contributed by atoms with E-state index in [1.165, 1.54) is 10.1 Å². The molecule has 16 heavy (non-hydrogen) atoms. The van der Waals surface area contributed by atoms with E-state index < -0.39 is 0 Å². The number of rotatable bonds is 5. The van der Waals surface area contributed by atoms with E-state index in [1.54, 1.807) is 11.3 Å². The number of carbonyl (C=O) groups excluding carboxylic acids is 1. The first-order valence-corrected chi connectivity index (χ1v) is 6.27. The van der Waals surface area contributed by atoms with Gasteiger partial charge in [0.25, 0.3) is 0 Å². The van der Waals surface area contributed by atoms with Crippen molar-refractivity contribution in [3.05, 3.63) is 35.2 Å². The molecule has 84 valence electrons. The molecule has 1 N–H and O–H groups in total. The summed E-state index contributed by atoms with van der Waals surface area (Å²) in [6.45, 7) is 0.0934. The molecule has 0 bridgehead atoms. The summed E-state index contributed by atoms with van der Waals surface area (Å²) in [6, 6.07) is 8.13. The molecule has 2 nitrogen and oxygen atoms in total. The van der Waals surface area contributed by atoms with E-state index in [9.17, 15) is 4.79 Å². The Labute approximate surface area is 98.5 Å². The van der Waals surface area contributed by atoms with E-state index >= 15 is 0 Å². The highest BCUT2D eigenvalue weighted by molar-refractivity contribution is 7.17. The standard InChI is InChI=1S/C13H14O2S/c14-7-3-4-11(15)8-10-9-16-13-6-2-1-5-12(10)13/h1-2,5-6,9,14H,3-4,7-8H2. The van der Waals surface area contributed by atoms with Crippen molar-refractivity contribution in [3.63, 3.8) is 0 Å². The molecule has 0 radical (unpaired) electrons. The minimum absolute atomic E-state index is 0.0934. The lowest BCUT2D eigenvalue weighted by Gasteiger charge is -1.98. The van der Waals surface area contributed by atoms with Crippen LogP contribution in [0, 0.1) is 0 Å². The van der Waals surface area contributed by atoms with Gasteiger partial charge in [-0.2, -0.15) is 0 Å². The number of hydrogen-bond donors (Lipinski definition) is 1. The van der Waals surface area contributed by atoms with Crippen molar-refractivity contribution in [1.29, 1.82) is 0 Å². The Morgan fingerprint density at radius 3 is 2.94 bits per heavy atom. The summed E-state index contributed by atoms with van der Waals surface area (Å²) < 4.78 is 1.23. The SMILES string of the molecule is O=C(CCCO)Cc1csc2ccccc12. The van der Waals surface area contributed by atoms with Crippen molar-refractivity contribution >= 4 is 27.2 Å². The molecule has 0 atom stereocenters. The highest BCUT2D eigenvalue weighted by Crippen LogP contribution is 2.26. The van der Waals surface area contributed by atoms with E-state index in [1.807, 2.05) is 12.1 Å². The number of aliphatic hydroxyl groups is 1. The van der Waals surface area contributed by atoms with Gasteiger partial charge in [-0.15, -0.1) is 11.3 Å². The number of hydrogen-bond acceptors (Lipinski definition) is 3. The van der Waals surface area contributed by atoms with Crippen LogP contribution in [0.15, 0.2) is 29.6 Å². The summed E-state index contributed by atoms with van der Waals surface area (Å²) in [5.41, 5.74) is 1.11. The zero-order valence-electron chi connectivity index (χ0n) is 8.98. The Balaban J connectivity index is 2.12. The van der Waals surface area contributed by atoms with E-state index in [0.29, 0.717) is 19.3 Å². The van der Waals surface area contributed by atoms with Crippen LogP contribution in [0.4, 0.5) is 0 Å². The quantitative estimate of drug-likeness (QED) is 0.863. The summed E-state index contributed by atoms with van der Waals surface area (Å²) in [5, 5.41) is 11.9. The van der Waals surface area contributed by atoms with Crippen molar-refractivity contribution in [2.45, 2.75) is 19.3 Å². The second kappa shape index (κ2) is 5.23. The van der Waals surface area contributed by atoms with Gasteiger partial charge in [0, 0.05) is 24.1 Å². The van der Waals surface area contributed by atoms with Crippen molar-refractivity contribution < 1.29 is 9.90 Å². The highest BCUT2D eigenvalue weighted by atomic mass is 32.1. The number of Topliss-reactive ketones (excluding diaryl/α,β-unsaturated/α-hetero) is 1. The number of fused-ring (bicyclic) bond motifs is 1. The lowest BCUT2D eigenvalue weighted by molar-refractivity contribution is -0.118. The maximum Gasteiger partial charge on any atom is 0.137 e. The molecule has 0 fully saturated rings. The first kappa shape index (κ1) is 11.3. The zero-order valence-corrected chi connectivity index (χ0v) is 9.80. The third-order valence-corrected chi connectivity index (χ3v) is 3.57. The third-order valence-electron chi connectivity index (χ3n) is 2.56. The fourth-order valence-electron chi connectivity index (χ4n) is 1.75. The van der Waals surface area contributed by atoms with Gasteiger partial charge in [-0.1, -0.05) is 18.2 Å². The summed E-state index contributed by atoms with van der Waals surface area (Å²) >= 11 is 1.68. The molecule has 1 heterocycles. The van der Waals surface area contributed by atoms with Gasteiger partial charge in [-0.25, -0.2) is 0 Å². The van der Waals surface area contributed by atoms with Crippen molar-refractivity contribution in [2.24, 2.45) is 0 Å². The molecule has 0 aliphatic carbocycles. The van der Waals surface area contributed by atoms with Crippen molar-refractivity contribution in [1.82, 2.24) is 0 Å². The van der Waals surface area contributed by atoms with Crippen LogP contribution in [-0.4, -0.2) is 17.5 Å². The Morgan fingerprint density at radius 1 is 1.31 bits per heavy atom. The van der Waals surface area contributed by atoms with Gasteiger partial charge in [0.05, 0.1) is 0 Å². The molecule has 2 aromatic rings. The molecule has 1 aromatic heterocycles. The predicted octanol–water partition coefficient (Wildman–Crippen LogP) is 2.79. The monoisotopic (exact) mass is 234 g/mol. The van der Waals surface area contributed by atoms with Gasteiger partial charge in [0.1, 0.15) is 5.78 Å². The minimum Gasteiger partial charge on any atom is -0.396 e. The summed E-state index contributed by atoms with van der Waals surface area (Å²) in [4.78, 5) is 11.6. The normalized spacial score (nSPS) is 10.8. The maximum absolute atomic E-state index is 11.6. The van der Waals surface area contributed by atoms with Gasteiger partial charge in [-0.3, -0.25) is 4.79 Å². The van der Waals surface area contributed by atoms with E-state index in [-0.39, 0.29) is 12.4 Å². The van der Waals surface area contributed by atoms with Crippen LogP contribution in [0.3, 0.4) is 0 Å². The van der Waals surface area contributed by atoms with E-state index in [0.717, 1.165) is 5.56 Å². The van der Waals surface area contributed by atoms with Gasteiger partial charge in [0.2, 0.25) is 0 Å².